The van der Waals surface area contributed by atoms with E-state index in [1.807, 2.05) is 18.2 Å². The smallest absolute Gasteiger partial charge is 0.152 e. The Morgan fingerprint density at radius 1 is 0.655 bits per heavy atom. The monoisotopic (exact) mass is 731 g/mol. The summed E-state index contributed by atoms with van der Waals surface area (Å²) in [4.78, 5) is 2.14. The molecule has 7 heteroatoms. The van der Waals surface area contributed by atoms with E-state index < -0.39 is 7.92 Å². The zero-order chi connectivity index (χ0) is 37.8. The van der Waals surface area contributed by atoms with E-state index in [0.717, 1.165) is 56.8 Å². The standard InChI is InChI=1S/C48H38N5OP/c1-48(2,3)33-20-22-41-43(26-33)54-42-23-30(27-49)19-21-40(42)53(41)46-36(28-50)37(29-51)47(55(34-15-9-5-10-16-34)35-17-11-6-12-18-35)45-39-25-32(24-38(52-39)44(45)46)31-13-7-4-8-14-31/h4-23,26,32,38-39,52H,24-25H2,1-3H3. The van der Waals surface area contributed by atoms with Gasteiger partial charge in [-0.15, -0.1) is 0 Å². The fourth-order valence-corrected chi connectivity index (χ4v) is 11.4. The van der Waals surface area contributed by atoms with E-state index in [1.54, 1.807) is 12.1 Å². The minimum atomic E-state index is -1.24. The first-order valence-corrected chi connectivity index (χ1v) is 20.0. The van der Waals surface area contributed by atoms with Gasteiger partial charge in [-0.25, -0.2) is 0 Å². The number of fused-ring (bicyclic) bond motifs is 7. The molecule has 266 valence electrons. The number of hydrogen-bond donors (Lipinski definition) is 1. The van der Waals surface area contributed by atoms with Crippen LogP contribution in [0.2, 0.25) is 0 Å². The second kappa shape index (κ2) is 13.6. The molecule has 3 unspecified atom stereocenters. The third-order valence-electron chi connectivity index (χ3n) is 11.3. The molecule has 1 N–H and O–H groups in total. The van der Waals surface area contributed by atoms with Gasteiger partial charge in [-0.05, 0) is 83.7 Å². The predicted molar refractivity (Wildman–Crippen MR) is 220 cm³/mol. The van der Waals surface area contributed by atoms with Crippen molar-refractivity contribution in [2.24, 2.45) is 0 Å². The van der Waals surface area contributed by atoms with Crippen LogP contribution in [-0.2, 0) is 5.41 Å². The normalized spacial score (nSPS) is 17.9. The van der Waals surface area contributed by atoms with E-state index in [2.05, 4.69) is 146 Å². The highest BCUT2D eigenvalue weighted by Gasteiger charge is 2.47. The Hall–Kier alpha value is -6.22. The highest BCUT2D eigenvalue weighted by molar-refractivity contribution is 7.80. The van der Waals surface area contributed by atoms with Crippen molar-refractivity contribution < 1.29 is 4.74 Å². The van der Waals surface area contributed by atoms with Gasteiger partial charge in [0, 0.05) is 29.0 Å². The Kier molecular flexibility index (Phi) is 8.52. The number of ether oxygens (including phenoxy) is 1. The van der Waals surface area contributed by atoms with E-state index in [9.17, 15) is 15.8 Å². The Labute approximate surface area is 323 Å². The van der Waals surface area contributed by atoms with Crippen molar-refractivity contribution in [2.45, 2.75) is 57.0 Å². The van der Waals surface area contributed by atoms with Gasteiger partial charge in [-0.3, -0.25) is 0 Å². The Balaban J connectivity index is 1.39. The van der Waals surface area contributed by atoms with Crippen LogP contribution in [0.25, 0.3) is 0 Å². The predicted octanol–water partition coefficient (Wildman–Crippen LogP) is 10.2. The first-order chi connectivity index (χ1) is 26.8. The van der Waals surface area contributed by atoms with Gasteiger partial charge in [0.2, 0.25) is 0 Å². The van der Waals surface area contributed by atoms with Crippen LogP contribution < -0.4 is 30.9 Å². The molecule has 0 spiro atoms. The first kappa shape index (κ1) is 34.5. The van der Waals surface area contributed by atoms with Gasteiger partial charge in [0.1, 0.15) is 12.1 Å². The number of rotatable bonds is 5. The molecule has 3 aliphatic rings. The fourth-order valence-electron chi connectivity index (χ4n) is 8.74. The van der Waals surface area contributed by atoms with E-state index >= 15 is 0 Å². The minimum Gasteiger partial charge on any atom is -0.453 e. The number of hydrogen-bond acceptors (Lipinski definition) is 6. The van der Waals surface area contributed by atoms with Crippen LogP contribution >= 0.6 is 7.92 Å². The number of benzene rings is 6. The molecule has 0 saturated carbocycles. The number of nitrogens with one attached hydrogen (secondary N) is 1. The third-order valence-corrected chi connectivity index (χ3v) is 13.8. The average Bonchev–Trinajstić information content (AvgIpc) is 3.48. The minimum absolute atomic E-state index is 0.0470. The molecule has 3 atom stereocenters. The molecule has 3 heterocycles. The van der Waals surface area contributed by atoms with Gasteiger partial charge in [-0.1, -0.05) is 118 Å². The van der Waals surface area contributed by atoms with Gasteiger partial charge in [-0.2, -0.15) is 15.8 Å². The van der Waals surface area contributed by atoms with Crippen molar-refractivity contribution in [1.29, 1.82) is 15.8 Å². The summed E-state index contributed by atoms with van der Waals surface area (Å²) < 4.78 is 6.64. The molecule has 0 radical (unpaired) electrons. The Morgan fingerprint density at radius 2 is 1.22 bits per heavy atom. The van der Waals surface area contributed by atoms with Gasteiger partial charge in [0.25, 0.3) is 0 Å². The molecule has 3 aliphatic heterocycles. The van der Waals surface area contributed by atoms with Crippen molar-refractivity contribution in [2.75, 3.05) is 4.90 Å². The number of piperidine rings is 1. The number of nitriles is 3. The number of nitrogens with zero attached hydrogens (tertiary/aromatic N) is 4. The maximum absolute atomic E-state index is 11.4. The summed E-state index contributed by atoms with van der Waals surface area (Å²) in [5.41, 5.74) is 7.91. The van der Waals surface area contributed by atoms with Crippen LogP contribution in [0.1, 0.15) is 90.6 Å². The molecule has 6 aromatic carbocycles. The quantitative estimate of drug-likeness (QED) is 0.177. The molecule has 9 rings (SSSR count). The maximum atomic E-state index is 11.4. The molecule has 2 bridgehead atoms. The summed E-state index contributed by atoms with van der Waals surface area (Å²) in [6.45, 7) is 6.51. The average molecular weight is 732 g/mol. The lowest BCUT2D eigenvalue weighted by atomic mass is 9.85. The molecular formula is C48H38N5OP. The Morgan fingerprint density at radius 3 is 1.80 bits per heavy atom. The van der Waals surface area contributed by atoms with E-state index in [-0.39, 0.29) is 23.4 Å². The van der Waals surface area contributed by atoms with Crippen LogP contribution in [0.4, 0.5) is 17.1 Å². The lowest BCUT2D eigenvalue weighted by molar-refractivity contribution is 0.332. The van der Waals surface area contributed by atoms with Crippen molar-refractivity contribution in [1.82, 2.24) is 5.32 Å². The van der Waals surface area contributed by atoms with Crippen molar-refractivity contribution >= 4 is 40.9 Å². The van der Waals surface area contributed by atoms with E-state index in [1.165, 1.54) is 5.56 Å². The van der Waals surface area contributed by atoms with Gasteiger partial charge >= 0.3 is 0 Å². The Bertz CT molecular complexity index is 2560. The molecular weight excluding hydrogens is 694 g/mol. The SMILES string of the molecule is CC(C)(C)c1ccc2c(c1)Oc1cc(C#N)ccc1N2c1c(C#N)c(C#N)c(P(c2ccccc2)c2ccccc2)c2c1C1CC(c3ccccc3)CC2N1. The van der Waals surface area contributed by atoms with Crippen LogP contribution in [0.15, 0.2) is 127 Å². The third kappa shape index (κ3) is 5.77. The molecule has 6 nitrogen and oxygen atoms in total. The lowest BCUT2D eigenvalue weighted by Gasteiger charge is -2.37. The first-order valence-electron chi connectivity index (χ1n) is 18.7. The van der Waals surface area contributed by atoms with Crippen molar-refractivity contribution in [3.05, 3.63) is 166 Å². The lowest BCUT2D eigenvalue weighted by Crippen LogP contribution is -2.31. The highest BCUT2D eigenvalue weighted by atomic mass is 31.1. The van der Waals surface area contributed by atoms with E-state index in [0.29, 0.717) is 33.9 Å². The number of anilines is 3. The van der Waals surface area contributed by atoms with Crippen LogP contribution in [0, 0.1) is 34.0 Å². The summed E-state index contributed by atoms with van der Waals surface area (Å²) in [5, 5.41) is 40.0. The second-order valence-corrected chi connectivity index (χ2v) is 17.7. The molecule has 6 aromatic rings. The largest absolute Gasteiger partial charge is 0.453 e. The molecule has 0 amide bonds. The zero-order valence-electron chi connectivity index (χ0n) is 30.9. The fraction of sp³-hybridized carbons (Fsp3) is 0.188. The molecule has 0 aliphatic carbocycles. The van der Waals surface area contributed by atoms with Crippen LogP contribution in [0.3, 0.4) is 0 Å². The van der Waals surface area contributed by atoms with E-state index in [4.69, 9.17) is 4.74 Å². The molecule has 0 aromatic heterocycles. The summed E-state index contributed by atoms with van der Waals surface area (Å²) in [6.07, 6.45) is 1.70. The summed E-state index contributed by atoms with van der Waals surface area (Å²) >= 11 is 0. The highest BCUT2D eigenvalue weighted by Crippen LogP contribution is 2.59. The molecule has 1 saturated heterocycles. The van der Waals surface area contributed by atoms with Crippen LogP contribution in [-0.4, -0.2) is 0 Å². The summed E-state index contributed by atoms with van der Waals surface area (Å²) in [6, 6.07) is 50.7. The summed E-state index contributed by atoms with van der Waals surface area (Å²) in [5.74, 6) is 1.45. The summed E-state index contributed by atoms with van der Waals surface area (Å²) in [7, 11) is -1.24. The van der Waals surface area contributed by atoms with Crippen LogP contribution in [0.5, 0.6) is 11.5 Å². The van der Waals surface area contributed by atoms with Crippen molar-refractivity contribution in [3.63, 3.8) is 0 Å². The molecule has 1 fully saturated rings. The van der Waals surface area contributed by atoms with Gasteiger partial charge in [0.15, 0.2) is 11.5 Å². The topological polar surface area (TPSA) is 95.9 Å². The van der Waals surface area contributed by atoms with Gasteiger partial charge < -0.3 is 15.0 Å². The zero-order valence-corrected chi connectivity index (χ0v) is 31.8. The van der Waals surface area contributed by atoms with Gasteiger partial charge in [0.05, 0.1) is 39.8 Å². The maximum Gasteiger partial charge on any atom is 0.152 e. The second-order valence-electron chi connectivity index (χ2n) is 15.5. The molecule has 55 heavy (non-hydrogen) atoms. The van der Waals surface area contributed by atoms with Crippen molar-refractivity contribution in [3.8, 4) is 29.7 Å².